The average Bonchev–Trinajstić information content (AvgIpc) is 3.27. The predicted molar refractivity (Wildman–Crippen MR) is 109 cm³/mol. The average molecular weight is 392 g/mol. The van der Waals surface area contributed by atoms with Gasteiger partial charge in [0.05, 0.1) is 12.6 Å². The van der Waals surface area contributed by atoms with Crippen molar-refractivity contribution in [1.29, 1.82) is 0 Å². The highest BCUT2D eigenvalue weighted by molar-refractivity contribution is 5.99. The smallest absolute Gasteiger partial charge is 0.228 e. The topological polar surface area (TPSA) is 76.0 Å². The molecule has 4 rings (SSSR count). The van der Waals surface area contributed by atoms with Crippen LogP contribution in [0.2, 0.25) is 0 Å². The fourth-order valence-electron chi connectivity index (χ4n) is 3.53. The molecule has 0 atom stereocenters. The summed E-state index contributed by atoms with van der Waals surface area (Å²) in [7, 11) is 1.78. The number of carbonyl (C=O) groups is 2. The van der Waals surface area contributed by atoms with Gasteiger partial charge in [0, 0.05) is 42.2 Å². The van der Waals surface area contributed by atoms with E-state index in [-0.39, 0.29) is 17.6 Å². The van der Waals surface area contributed by atoms with Crippen molar-refractivity contribution in [3.8, 4) is 11.1 Å². The maximum Gasteiger partial charge on any atom is 0.228 e. The number of hydrogen-bond acceptors (Lipinski definition) is 3. The van der Waals surface area contributed by atoms with E-state index in [4.69, 9.17) is 0 Å². The third kappa shape index (κ3) is 4.34. The zero-order chi connectivity index (χ0) is 20.4. The van der Waals surface area contributed by atoms with Crippen LogP contribution >= 0.6 is 0 Å². The minimum absolute atomic E-state index is 0.0141. The molecule has 0 saturated carbocycles. The Morgan fingerprint density at radius 2 is 2.14 bits per heavy atom. The van der Waals surface area contributed by atoms with Crippen LogP contribution in [0.1, 0.15) is 24.0 Å². The molecule has 29 heavy (non-hydrogen) atoms. The van der Waals surface area contributed by atoms with Gasteiger partial charge in [-0.1, -0.05) is 12.1 Å². The van der Waals surface area contributed by atoms with Gasteiger partial charge in [0.15, 0.2) is 0 Å². The molecule has 0 aliphatic carbocycles. The first-order valence-corrected chi connectivity index (χ1v) is 9.48. The lowest BCUT2D eigenvalue weighted by atomic mass is 10.0. The van der Waals surface area contributed by atoms with E-state index in [0.717, 1.165) is 28.8 Å². The van der Waals surface area contributed by atoms with Gasteiger partial charge < -0.3 is 10.6 Å². The lowest BCUT2D eigenvalue weighted by Gasteiger charge is -2.10. The zero-order valence-electron chi connectivity index (χ0n) is 16.0. The number of amides is 2. The molecule has 0 spiro atoms. The van der Waals surface area contributed by atoms with Gasteiger partial charge in [0.2, 0.25) is 11.8 Å². The van der Waals surface area contributed by atoms with E-state index in [0.29, 0.717) is 30.5 Å². The van der Waals surface area contributed by atoms with Crippen molar-refractivity contribution in [2.75, 3.05) is 10.6 Å². The largest absolute Gasteiger partial charge is 0.326 e. The summed E-state index contributed by atoms with van der Waals surface area (Å²) >= 11 is 0. The molecule has 0 unspecified atom stereocenters. The molecule has 0 bridgehead atoms. The Bertz CT molecular complexity index is 1090. The summed E-state index contributed by atoms with van der Waals surface area (Å²) in [5, 5.41) is 9.81. The van der Waals surface area contributed by atoms with Gasteiger partial charge in [-0.2, -0.15) is 5.10 Å². The Kier molecular flexibility index (Phi) is 5.12. The van der Waals surface area contributed by atoms with Crippen molar-refractivity contribution in [2.24, 2.45) is 7.05 Å². The van der Waals surface area contributed by atoms with E-state index in [1.54, 1.807) is 30.2 Å². The highest BCUT2D eigenvalue weighted by Crippen LogP contribution is 2.29. The predicted octanol–water partition coefficient (Wildman–Crippen LogP) is 3.68. The summed E-state index contributed by atoms with van der Waals surface area (Å²) in [4.78, 5) is 23.9. The normalized spacial score (nSPS) is 12.6. The van der Waals surface area contributed by atoms with Crippen LogP contribution in [0.15, 0.2) is 48.8 Å². The number of aromatic nitrogens is 2. The van der Waals surface area contributed by atoms with Crippen LogP contribution in [0.4, 0.5) is 15.8 Å². The molecule has 148 valence electrons. The summed E-state index contributed by atoms with van der Waals surface area (Å²) in [5.41, 5.74) is 4.88. The Hall–Kier alpha value is -3.48. The van der Waals surface area contributed by atoms with E-state index in [1.165, 1.54) is 12.1 Å². The van der Waals surface area contributed by atoms with E-state index in [2.05, 4.69) is 15.7 Å². The Labute approximate surface area is 167 Å². The van der Waals surface area contributed by atoms with E-state index in [9.17, 15) is 14.0 Å². The molecule has 1 aliphatic rings. The lowest BCUT2D eigenvalue weighted by molar-refractivity contribution is -0.116. The zero-order valence-corrected chi connectivity index (χ0v) is 16.0. The number of fused-ring (bicyclic) bond motifs is 1. The van der Waals surface area contributed by atoms with Crippen LogP contribution in [-0.4, -0.2) is 21.6 Å². The molecule has 0 fully saturated rings. The third-order valence-electron chi connectivity index (χ3n) is 4.94. The molecule has 1 aromatic heterocycles. The standard InChI is InChI=1S/C22H21FN4O2/c1-27-13-16(12-24-27)18-11-17(23)6-8-20(18)26-21(28)4-2-3-14-5-7-19-15(9-14)10-22(29)25-19/h5-9,11-13H,2-4,10H2,1H3,(H,25,29)(H,26,28). The lowest BCUT2D eigenvalue weighted by Crippen LogP contribution is -2.12. The Morgan fingerprint density at radius 3 is 2.93 bits per heavy atom. The number of aryl methyl sites for hydroxylation is 2. The highest BCUT2D eigenvalue weighted by atomic mass is 19.1. The summed E-state index contributed by atoms with van der Waals surface area (Å²) in [5.74, 6) is -0.480. The van der Waals surface area contributed by atoms with Crippen molar-refractivity contribution in [3.63, 3.8) is 0 Å². The summed E-state index contributed by atoms with van der Waals surface area (Å²) < 4.78 is 15.4. The van der Waals surface area contributed by atoms with Crippen LogP contribution in [-0.2, 0) is 29.5 Å². The van der Waals surface area contributed by atoms with E-state index < -0.39 is 0 Å². The number of rotatable bonds is 6. The highest BCUT2D eigenvalue weighted by Gasteiger charge is 2.17. The second-order valence-corrected chi connectivity index (χ2v) is 7.21. The Balaban J connectivity index is 1.37. The van der Waals surface area contributed by atoms with E-state index in [1.807, 2.05) is 18.2 Å². The number of nitrogens with one attached hydrogen (secondary N) is 2. The van der Waals surface area contributed by atoms with Gasteiger partial charge in [-0.05, 0) is 48.2 Å². The first kappa shape index (κ1) is 18.9. The molecule has 3 aromatic rings. The van der Waals surface area contributed by atoms with Crippen LogP contribution in [0.5, 0.6) is 0 Å². The fourth-order valence-corrected chi connectivity index (χ4v) is 3.53. The fraction of sp³-hybridized carbons (Fsp3) is 0.227. The van der Waals surface area contributed by atoms with Crippen LogP contribution in [0.3, 0.4) is 0 Å². The number of halogens is 1. The SMILES string of the molecule is Cn1cc(-c2cc(F)ccc2NC(=O)CCCc2ccc3c(c2)CC(=O)N3)cn1. The summed E-state index contributed by atoms with van der Waals surface area (Å²) in [6, 6.07) is 10.2. The second-order valence-electron chi connectivity index (χ2n) is 7.21. The number of anilines is 2. The summed E-state index contributed by atoms with van der Waals surface area (Å²) in [6.07, 6.45) is 5.59. The second kappa shape index (κ2) is 7.87. The molecular formula is C22H21FN4O2. The molecule has 2 aromatic carbocycles. The summed E-state index contributed by atoms with van der Waals surface area (Å²) in [6.45, 7) is 0. The minimum atomic E-state index is -0.369. The van der Waals surface area contributed by atoms with Gasteiger partial charge in [-0.3, -0.25) is 14.3 Å². The third-order valence-corrected chi connectivity index (χ3v) is 4.94. The van der Waals surface area contributed by atoms with Crippen molar-refractivity contribution >= 4 is 23.2 Å². The number of carbonyl (C=O) groups excluding carboxylic acids is 2. The van der Waals surface area contributed by atoms with Crippen molar-refractivity contribution in [2.45, 2.75) is 25.7 Å². The molecule has 2 heterocycles. The maximum absolute atomic E-state index is 13.7. The molecule has 2 amide bonds. The van der Waals surface area contributed by atoms with Crippen molar-refractivity contribution in [3.05, 3.63) is 65.7 Å². The molecule has 0 saturated heterocycles. The quantitative estimate of drug-likeness (QED) is 0.672. The minimum Gasteiger partial charge on any atom is -0.326 e. The van der Waals surface area contributed by atoms with Crippen molar-refractivity contribution < 1.29 is 14.0 Å². The van der Waals surface area contributed by atoms with Gasteiger partial charge in [0.25, 0.3) is 0 Å². The molecule has 2 N–H and O–H groups in total. The Morgan fingerprint density at radius 1 is 1.28 bits per heavy atom. The first-order valence-electron chi connectivity index (χ1n) is 9.48. The van der Waals surface area contributed by atoms with Gasteiger partial charge in [-0.25, -0.2) is 4.39 Å². The van der Waals surface area contributed by atoms with Crippen LogP contribution in [0, 0.1) is 5.82 Å². The number of benzene rings is 2. The molecule has 6 nitrogen and oxygen atoms in total. The monoisotopic (exact) mass is 392 g/mol. The maximum atomic E-state index is 13.7. The molecular weight excluding hydrogens is 371 g/mol. The number of hydrogen-bond donors (Lipinski definition) is 2. The van der Waals surface area contributed by atoms with Gasteiger partial charge in [-0.15, -0.1) is 0 Å². The first-order chi connectivity index (χ1) is 14.0. The molecule has 0 radical (unpaired) electrons. The van der Waals surface area contributed by atoms with Crippen LogP contribution in [0.25, 0.3) is 11.1 Å². The van der Waals surface area contributed by atoms with Gasteiger partial charge in [0.1, 0.15) is 5.82 Å². The number of nitrogens with zero attached hydrogens (tertiary/aromatic N) is 2. The van der Waals surface area contributed by atoms with E-state index >= 15 is 0 Å². The molecule has 7 heteroatoms. The van der Waals surface area contributed by atoms with Crippen molar-refractivity contribution in [1.82, 2.24) is 9.78 Å². The van der Waals surface area contributed by atoms with Crippen LogP contribution < -0.4 is 10.6 Å². The molecule has 1 aliphatic heterocycles. The van der Waals surface area contributed by atoms with Gasteiger partial charge >= 0.3 is 0 Å².